The van der Waals surface area contributed by atoms with Gasteiger partial charge in [-0.15, -0.1) is 0 Å². The van der Waals surface area contributed by atoms with Gasteiger partial charge >= 0.3 is 0 Å². The van der Waals surface area contributed by atoms with Crippen LogP contribution in [0.25, 0.3) is 11.1 Å². The number of para-hydroxylation sites is 1. The number of amides is 2. The summed E-state index contributed by atoms with van der Waals surface area (Å²) in [6, 6.07) is 20.7. The second kappa shape index (κ2) is 9.43. The van der Waals surface area contributed by atoms with Crippen LogP contribution in [0.5, 0.6) is 5.75 Å². The van der Waals surface area contributed by atoms with Gasteiger partial charge in [-0.05, 0) is 48.7 Å². The van der Waals surface area contributed by atoms with E-state index in [2.05, 4.69) is 4.98 Å². The minimum atomic E-state index is -0.443. The summed E-state index contributed by atoms with van der Waals surface area (Å²) < 4.78 is 5.58. The minimum Gasteiger partial charge on any atom is -0.484 e. The zero-order chi connectivity index (χ0) is 21.6. The Kier molecular flexibility index (Phi) is 6.26. The Balaban J connectivity index is 1.32. The van der Waals surface area contributed by atoms with Gasteiger partial charge in [0, 0.05) is 42.0 Å². The Hall–Kier alpha value is -3.67. The molecule has 2 heterocycles. The first-order valence-electron chi connectivity index (χ1n) is 10.4. The third-order valence-corrected chi connectivity index (χ3v) is 5.64. The molecular weight excluding hydrogens is 390 g/mol. The Bertz CT molecular complexity index is 1040. The lowest BCUT2D eigenvalue weighted by Gasteiger charge is -2.31. The maximum atomic E-state index is 12.4. The SMILES string of the molecule is NC(=O)c1cccc(-c2ccc(C3CCN(C(=O)COc4ccccc4)CC3)nc2)c1. The fraction of sp³-hybridized carbons (Fsp3) is 0.240. The first-order valence-corrected chi connectivity index (χ1v) is 10.4. The number of hydrogen-bond acceptors (Lipinski definition) is 4. The first-order chi connectivity index (χ1) is 15.1. The second-order valence-corrected chi connectivity index (χ2v) is 7.67. The average Bonchev–Trinajstić information content (AvgIpc) is 2.83. The topological polar surface area (TPSA) is 85.5 Å². The maximum absolute atomic E-state index is 12.4. The van der Waals surface area contributed by atoms with Gasteiger partial charge in [-0.25, -0.2) is 0 Å². The monoisotopic (exact) mass is 415 g/mol. The van der Waals surface area contributed by atoms with Crippen LogP contribution in [0, 0.1) is 0 Å². The number of rotatable bonds is 6. The van der Waals surface area contributed by atoms with Crippen LogP contribution < -0.4 is 10.5 Å². The third-order valence-electron chi connectivity index (χ3n) is 5.64. The van der Waals surface area contributed by atoms with E-state index in [4.69, 9.17) is 10.5 Å². The minimum absolute atomic E-state index is 0.0138. The molecule has 0 spiro atoms. The molecule has 1 aliphatic heterocycles. The van der Waals surface area contributed by atoms with Crippen molar-refractivity contribution in [3.8, 4) is 16.9 Å². The Morgan fingerprint density at radius 1 is 0.968 bits per heavy atom. The quantitative estimate of drug-likeness (QED) is 0.666. The summed E-state index contributed by atoms with van der Waals surface area (Å²) in [6.07, 6.45) is 3.59. The number of pyridine rings is 1. The summed E-state index contributed by atoms with van der Waals surface area (Å²) in [5.41, 5.74) is 8.74. The fourth-order valence-corrected chi connectivity index (χ4v) is 3.85. The molecule has 3 aromatic rings. The van der Waals surface area contributed by atoms with E-state index >= 15 is 0 Å². The summed E-state index contributed by atoms with van der Waals surface area (Å²) in [7, 11) is 0. The second-order valence-electron chi connectivity index (χ2n) is 7.67. The molecule has 2 aromatic carbocycles. The summed E-state index contributed by atoms with van der Waals surface area (Å²) in [5.74, 6) is 0.600. The summed E-state index contributed by atoms with van der Waals surface area (Å²) in [4.78, 5) is 30.4. The van der Waals surface area contributed by atoms with E-state index in [0.29, 0.717) is 30.3 Å². The molecule has 0 aliphatic carbocycles. The van der Waals surface area contributed by atoms with E-state index in [9.17, 15) is 9.59 Å². The van der Waals surface area contributed by atoms with Gasteiger partial charge in [0.1, 0.15) is 5.75 Å². The van der Waals surface area contributed by atoms with Crippen molar-refractivity contribution < 1.29 is 14.3 Å². The Morgan fingerprint density at radius 2 is 1.74 bits per heavy atom. The highest BCUT2D eigenvalue weighted by atomic mass is 16.5. The van der Waals surface area contributed by atoms with Gasteiger partial charge in [0.2, 0.25) is 5.91 Å². The molecule has 4 rings (SSSR count). The summed E-state index contributed by atoms with van der Waals surface area (Å²) >= 11 is 0. The van der Waals surface area contributed by atoms with E-state index in [1.807, 2.05) is 65.7 Å². The number of likely N-dealkylation sites (tertiary alicyclic amines) is 1. The molecule has 2 N–H and O–H groups in total. The van der Waals surface area contributed by atoms with Gasteiger partial charge in [0.15, 0.2) is 6.61 Å². The zero-order valence-electron chi connectivity index (χ0n) is 17.2. The lowest BCUT2D eigenvalue weighted by molar-refractivity contribution is -0.134. The normalized spacial score (nSPS) is 14.3. The van der Waals surface area contributed by atoms with Crippen molar-refractivity contribution in [2.75, 3.05) is 19.7 Å². The van der Waals surface area contributed by atoms with Gasteiger partial charge in [0.25, 0.3) is 5.91 Å². The highest BCUT2D eigenvalue weighted by molar-refractivity contribution is 5.94. The smallest absolute Gasteiger partial charge is 0.260 e. The Morgan fingerprint density at radius 3 is 2.42 bits per heavy atom. The highest BCUT2D eigenvalue weighted by Gasteiger charge is 2.24. The highest BCUT2D eigenvalue weighted by Crippen LogP contribution is 2.28. The molecule has 31 heavy (non-hydrogen) atoms. The number of ether oxygens (including phenoxy) is 1. The van der Waals surface area contributed by atoms with Crippen LogP contribution in [-0.2, 0) is 4.79 Å². The predicted octanol–water partition coefficient (Wildman–Crippen LogP) is 3.63. The van der Waals surface area contributed by atoms with Crippen molar-refractivity contribution in [1.82, 2.24) is 9.88 Å². The molecule has 0 saturated carbocycles. The van der Waals surface area contributed by atoms with Crippen molar-refractivity contribution in [2.24, 2.45) is 5.73 Å². The molecule has 0 bridgehead atoms. The molecule has 2 amide bonds. The Labute approximate surface area is 181 Å². The van der Waals surface area contributed by atoms with Crippen molar-refractivity contribution in [2.45, 2.75) is 18.8 Å². The number of carbonyl (C=O) groups excluding carboxylic acids is 2. The van der Waals surface area contributed by atoms with Gasteiger partial charge < -0.3 is 15.4 Å². The van der Waals surface area contributed by atoms with Crippen molar-refractivity contribution in [1.29, 1.82) is 0 Å². The summed E-state index contributed by atoms with van der Waals surface area (Å²) in [6.45, 7) is 1.46. The van der Waals surface area contributed by atoms with Crippen LogP contribution in [0.3, 0.4) is 0 Å². The van der Waals surface area contributed by atoms with Gasteiger partial charge in [0.05, 0.1) is 0 Å². The molecule has 1 aliphatic rings. The van der Waals surface area contributed by atoms with E-state index in [0.717, 1.165) is 29.7 Å². The van der Waals surface area contributed by atoms with Crippen LogP contribution in [0.1, 0.15) is 34.8 Å². The first kappa shape index (κ1) is 20.6. The predicted molar refractivity (Wildman–Crippen MR) is 119 cm³/mol. The van der Waals surface area contributed by atoms with Crippen molar-refractivity contribution in [3.63, 3.8) is 0 Å². The molecule has 1 saturated heterocycles. The number of nitrogens with two attached hydrogens (primary N) is 1. The lowest BCUT2D eigenvalue weighted by Crippen LogP contribution is -2.40. The molecule has 1 aromatic heterocycles. The molecule has 6 heteroatoms. The van der Waals surface area contributed by atoms with Crippen molar-refractivity contribution >= 4 is 11.8 Å². The maximum Gasteiger partial charge on any atom is 0.260 e. The van der Waals surface area contributed by atoms with E-state index in [1.54, 1.807) is 12.1 Å². The number of benzene rings is 2. The number of carbonyl (C=O) groups is 2. The number of piperidine rings is 1. The fourth-order valence-electron chi connectivity index (χ4n) is 3.85. The molecule has 158 valence electrons. The zero-order valence-corrected chi connectivity index (χ0v) is 17.2. The van der Waals surface area contributed by atoms with Crippen LogP contribution in [0.2, 0.25) is 0 Å². The van der Waals surface area contributed by atoms with Crippen LogP contribution in [-0.4, -0.2) is 41.4 Å². The van der Waals surface area contributed by atoms with Crippen LogP contribution in [0.4, 0.5) is 0 Å². The molecule has 1 fully saturated rings. The molecule has 0 unspecified atom stereocenters. The van der Waals surface area contributed by atoms with E-state index < -0.39 is 5.91 Å². The van der Waals surface area contributed by atoms with Gasteiger partial charge in [-0.3, -0.25) is 14.6 Å². The van der Waals surface area contributed by atoms with Gasteiger partial charge in [-0.2, -0.15) is 0 Å². The number of nitrogens with zero attached hydrogens (tertiary/aromatic N) is 2. The summed E-state index contributed by atoms with van der Waals surface area (Å²) in [5, 5.41) is 0. The van der Waals surface area contributed by atoms with E-state index in [1.165, 1.54) is 0 Å². The van der Waals surface area contributed by atoms with Gasteiger partial charge in [-0.1, -0.05) is 36.4 Å². The molecular formula is C25H25N3O3. The molecule has 0 radical (unpaired) electrons. The lowest BCUT2D eigenvalue weighted by atomic mass is 9.92. The molecule has 6 nitrogen and oxygen atoms in total. The third kappa shape index (κ3) is 5.09. The van der Waals surface area contributed by atoms with Crippen LogP contribution in [0.15, 0.2) is 72.9 Å². The van der Waals surface area contributed by atoms with E-state index in [-0.39, 0.29) is 12.5 Å². The number of primary amides is 1. The van der Waals surface area contributed by atoms with Crippen molar-refractivity contribution in [3.05, 3.63) is 84.2 Å². The average molecular weight is 415 g/mol. The number of aromatic nitrogens is 1. The molecule has 0 atom stereocenters. The largest absolute Gasteiger partial charge is 0.484 e. The number of hydrogen-bond donors (Lipinski definition) is 1. The standard InChI is InChI=1S/C25H25N3O3/c26-25(30)20-6-4-5-19(15-20)21-9-10-23(27-16-21)18-11-13-28(14-12-18)24(29)17-31-22-7-2-1-3-8-22/h1-10,15-16,18H,11-14,17H2,(H2,26,30). The van der Waals surface area contributed by atoms with Crippen LogP contribution >= 0.6 is 0 Å².